The van der Waals surface area contributed by atoms with Gasteiger partial charge < -0.3 is 11.1 Å². The van der Waals surface area contributed by atoms with Crippen molar-refractivity contribution in [2.75, 3.05) is 5.32 Å². The van der Waals surface area contributed by atoms with Crippen LogP contribution in [0.4, 0.5) is 5.13 Å². The summed E-state index contributed by atoms with van der Waals surface area (Å²) in [6.45, 7) is 2.01. The second kappa shape index (κ2) is 3.78. The summed E-state index contributed by atoms with van der Waals surface area (Å²) in [5.74, 6) is 0.118. The molecule has 2 aliphatic rings. The minimum absolute atomic E-state index is 0.118. The number of carbonyl (C=O) groups is 1. The van der Waals surface area contributed by atoms with E-state index in [1.807, 2.05) is 6.92 Å². The smallest absolute Gasteiger partial charge is 0.232 e. The Morgan fingerprint density at radius 3 is 3.06 bits per heavy atom. The van der Waals surface area contributed by atoms with Gasteiger partial charge in [0.1, 0.15) is 0 Å². The number of aromatic nitrogens is 1. The molecule has 4 nitrogen and oxygen atoms in total. The van der Waals surface area contributed by atoms with E-state index in [2.05, 4.69) is 10.3 Å². The summed E-state index contributed by atoms with van der Waals surface area (Å²) in [4.78, 5) is 17.7. The van der Waals surface area contributed by atoms with Gasteiger partial charge in [0.25, 0.3) is 0 Å². The van der Waals surface area contributed by atoms with Gasteiger partial charge in [-0.1, -0.05) is 6.92 Å². The number of amides is 1. The molecule has 0 unspecified atom stereocenters. The Kier molecular flexibility index (Phi) is 2.48. The Morgan fingerprint density at radius 2 is 2.35 bits per heavy atom. The third-order valence-electron chi connectivity index (χ3n) is 3.75. The number of nitrogens with one attached hydrogen (secondary N) is 1. The van der Waals surface area contributed by atoms with Crippen LogP contribution in [0.3, 0.4) is 0 Å². The molecule has 0 bridgehead atoms. The largest absolute Gasteiger partial charge is 0.327 e. The quantitative estimate of drug-likeness (QED) is 0.840. The molecule has 1 amide bonds. The third-order valence-corrected chi connectivity index (χ3v) is 4.78. The number of fused-ring (bicyclic) bond motifs is 1. The Morgan fingerprint density at radius 1 is 1.59 bits per heavy atom. The number of anilines is 1. The first kappa shape index (κ1) is 11.2. The van der Waals surface area contributed by atoms with E-state index in [0.29, 0.717) is 0 Å². The molecule has 17 heavy (non-hydrogen) atoms. The van der Waals surface area contributed by atoms with Crippen molar-refractivity contribution in [3.05, 3.63) is 10.6 Å². The molecule has 1 heterocycles. The van der Waals surface area contributed by atoms with Crippen molar-refractivity contribution in [1.29, 1.82) is 0 Å². The first-order chi connectivity index (χ1) is 8.07. The highest BCUT2D eigenvalue weighted by Gasteiger charge is 2.45. The van der Waals surface area contributed by atoms with Crippen molar-refractivity contribution in [2.45, 2.75) is 45.1 Å². The van der Waals surface area contributed by atoms with Gasteiger partial charge in [0.2, 0.25) is 5.91 Å². The molecule has 0 aromatic carbocycles. The summed E-state index contributed by atoms with van der Waals surface area (Å²) in [5.41, 5.74) is 6.93. The number of rotatable bonds is 2. The molecule has 2 aliphatic carbocycles. The highest BCUT2D eigenvalue weighted by molar-refractivity contribution is 7.15. The predicted molar refractivity (Wildman–Crippen MR) is 68.1 cm³/mol. The Bertz CT molecular complexity index is 464. The molecule has 0 spiro atoms. The van der Waals surface area contributed by atoms with Crippen molar-refractivity contribution < 1.29 is 4.79 Å². The van der Waals surface area contributed by atoms with E-state index in [1.165, 1.54) is 4.88 Å². The molecular weight excluding hydrogens is 234 g/mol. The lowest BCUT2D eigenvalue weighted by Crippen LogP contribution is -2.27. The maximum absolute atomic E-state index is 11.9. The van der Waals surface area contributed by atoms with Crippen molar-refractivity contribution in [1.82, 2.24) is 4.98 Å². The predicted octanol–water partition coefficient (Wildman–Crippen LogP) is 1.70. The standard InChI is InChI=1S/C12H17N3OS/c1-12(4-5-12)10(16)15-11-14-8-3-2-7(13)6-9(8)17-11/h7H,2-6,13H2,1H3,(H,14,15,16)/t7-/m0/s1. The van der Waals surface area contributed by atoms with Crippen LogP contribution < -0.4 is 11.1 Å². The fourth-order valence-electron chi connectivity index (χ4n) is 2.12. The van der Waals surface area contributed by atoms with Crippen LogP contribution in [0.25, 0.3) is 0 Å². The van der Waals surface area contributed by atoms with E-state index in [4.69, 9.17) is 5.73 Å². The van der Waals surface area contributed by atoms with Crippen LogP contribution in [-0.2, 0) is 17.6 Å². The van der Waals surface area contributed by atoms with Gasteiger partial charge in [-0.3, -0.25) is 4.79 Å². The number of hydrogen-bond donors (Lipinski definition) is 2. The third kappa shape index (κ3) is 2.09. The molecule has 3 rings (SSSR count). The van der Waals surface area contributed by atoms with Crippen LogP contribution in [0, 0.1) is 5.41 Å². The molecule has 92 valence electrons. The molecule has 1 aromatic rings. The lowest BCUT2D eigenvalue weighted by Gasteiger charge is -2.15. The van der Waals surface area contributed by atoms with Gasteiger partial charge in [0.15, 0.2) is 5.13 Å². The molecule has 3 N–H and O–H groups in total. The highest BCUT2D eigenvalue weighted by atomic mass is 32.1. The van der Waals surface area contributed by atoms with E-state index in [9.17, 15) is 4.79 Å². The number of nitrogens with zero attached hydrogens (tertiary/aromatic N) is 1. The number of nitrogens with two attached hydrogens (primary N) is 1. The number of hydrogen-bond acceptors (Lipinski definition) is 4. The summed E-state index contributed by atoms with van der Waals surface area (Å²) < 4.78 is 0. The minimum atomic E-state index is -0.136. The van der Waals surface area contributed by atoms with Crippen LogP contribution in [-0.4, -0.2) is 16.9 Å². The molecule has 1 saturated carbocycles. The van der Waals surface area contributed by atoms with E-state index in [1.54, 1.807) is 11.3 Å². The zero-order chi connectivity index (χ0) is 12.0. The second-order valence-electron chi connectivity index (χ2n) is 5.41. The van der Waals surface area contributed by atoms with Crippen LogP contribution in [0.5, 0.6) is 0 Å². The van der Waals surface area contributed by atoms with E-state index in [0.717, 1.165) is 42.9 Å². The van der Waals surface area contributed by atoms with Crippen LogP contribution in [0.15, 0.2) is 0 Å². The first-order valence-corrected chi connectivity index (χ1v) is 6.94. The molecule has 5 heteroatoms. The van der Waals surface area contributed by atoms with Crippen LogP contribution >= 0.6 is 11.3 Å². The molecular formula is C12H17N3OS. The molecule has 0 saturated heterocycles. The highest BCUT2D eigenvalue weighted by Crippen LogP contribution is 2.46. The normalized spacial score (nSPS) is 25.2. The molecule has 0 aliphatic heterocycles. The number of aryl methyl sites for hydroxylation is 1. The van der Waals surface area contributed by atoms with Gasteiger partial charge in [0, 0.05) is 16.3 Å². The van der Waals surface area contributed by atoms with Gasteiger partial charge in [-0.25, -0.2) is 4.98 Å². The van der Waals surface area contributed by atoms with E-state index in [-0.39, 0.29) is 17.4 Å². The molecule has 1 atom stereocenters. The van der Waals surface area contributed by atoms with Gasteiger partial charge >= 0.3 is 0 Å². The SMILES string of the molecule is CC1(C(=O)Nc2nc3c(s2)C[C@@H](N)CC3)CC1. The van der Waals surface area contributed by atoms with Gasteiger partial charge in [0.05, 0.1) is 5.69 Å². The molecule has 0 radical (unpaired) electrons. The number of thiazole rings is 1. The summed E-state index contributed by atoms with van der Waals surface area (Å²) in [5, 5.41) is 3.70. The van der Waals surface area contributed by atoms with Crippen molar-refractivity contribution >= 4 is 22.4 Å². The van der Waals surface area contributed by atoms with Crippen molar-refractivity contribution in [3.63, 3.8) is 0 Å². The van der Waals surface area contributed by atoms with Gasteiger partial charge in [-0.05, 0) is 32.1 Å². The van der Waals surface area contributed by atoms with Gasteiger partial charge in [-0.15, -0.1) is 11.3 Å². The lowest BCUT2D eigenvalue weighted by molar-refractivity contribution is -0.120. The zero-order valence-electron chi connectivity index (χ0n) is 9.95. The zero-order valence-corrected chi connectivity index (χ0v) is 10.8. The minimum Gasteiger partial charge on any atom is -0.327 e. The van der Waals surface area contributed by atoms with E-state index < -0.39 is 0 Å². The fourth-order valence-corrected chi connectivity index (χ4v) is 3.21. The topological polar surface area (TPSA) is 68.0 Å². The monoisotopic (exact) mass is 251 g/mol. The van der Waals surface area contributed by atoms with Crippen LogP contribution in [0.1, 0.15) is 36.8 Å². The second-order valence-corrected chi connectivity index (χ2v) is 6.49. The summed E-state index contributed by atoms with van der Waals surface area (Å²) in [7, 11) is 0. The van der Waals surface area contributed by atoms with Gasteiger partial charge in [-0.2, -0.15) is 0 Å². The average molecular weight is 251 g/mol. The van der Waals surface area contributed by atoms with Crippen molar-refractivity contribution in [2.24, 2.45) is 11.1 Å². The first-order valence-electron chi connectivity index (χ1n) is 6.12. The summed E-state index contributed by atoms with van der Waals surface area (Å²) >= 11 is 1.59. The number of carbonyl (C=O) groups excluding carboxylic acids is 1. The maximum atomic E-state index is 11.9. The lowest BCUT2D eigenvalue weighted by atomic mass is 9.99. The molecule has 1 fully saturated rings. The maximum Gasteiger partial charge on any atom is 0.232 e. The Balaban J connectivity index is 1.74. The molecule has 1 aromatic heterocycles. The fraction of sp³-hybridized carbons (Fsp3) is 0.667. The van der Waals surface area contributed by atoms with Crippen LogP contribution in [0.2, 0.25) is 0 Å². The average Bonchev–Trinajstić information content (AvgIpc) is 2.90. The Labute approximate surface area is 105 Å². The Hall–Kier alpha value is -0.940. The summed E-state index contributed by atoms with van der Waals surface area (Å²) in [6.07, 6.45) is 4.84. The van der Waals surface area contributed by atoms with Crippen molar-refractivity contribution in [3.8, 4) is 0 Å². The van der Waals surface area contributed by atoms with E-state index >= 15 is 0 Å². The summed E-state index contributed by atoms with van der Waals surface area (Å²) in [6, 6.07) is 0.257.